The van der Waals surface area contributed by atoms with Crippen molar-refractivity contribution in [3.63, 3.8) is 0 Å². The van der Waals surface area contributed by atoms with E-state index in [0.29, 0.717) is 22.8 Å². The van der Waals surface area contributed by atoms with Gasteiger partial charge in [0.25, 0.3) is 0 Å². The van der Waals surface area contributed by atoms with Crippen LogP contribution < -0.4 is 9.47 Å². The van der Waals surface area contributed by atoms with E-state index in [9.17, 15) is 4.79 Å². The number of ether oxygens (including phenoxy) is 3. The minimum Gasteiger partial charge on any atom is -0.493 e. The molecule has 134 valence electrons. The van der Waals surface area contributed by atoms with Gasteiger partial charge in [0, 0.05) is 5.56 Å². The number of esters is 1. The van der Waals surface area contributed by atoms with Crippen LogP contribution in [0, 0.1) is 0 Å². The first-order valence-electron chi connectivity index (χ1n) is 8.55. The van der Waals surface area contributed by atoms with Crippen molar-refractivity contribution in [1.29, 1.82) is 0 Å². The Bertz CT molecular complexity index is 1090. The van der Waals surface area contributed by atoms with Crippen LogP contribution in [0.2, 0.25) is 0 Å². The fourth-order valence-corrected chi connectivity index (χ4v) is 3.18. The molecule has 0 saturated heterocycles. The number of rotatable bonds is 4. The third-order valence-electron chi connectivity index (χ3n) is 4.51. The second-order valence-electron chi connectivity index (χ2n) is 6.14. The van der Waals surface area contributed by atoms with Crippen molar-refractivity contribution in [3.8, 4) is 11.5 Å². The van der Waals surface area contributed by atoms with Crippen LogP contribution in [0.1, 0.15) is 11.1 Å². The normalized spacial score (nSPS) is 15.0. The summed E-state index contributed by atoms with van der Waals surface area (Å²) < 4.78 is 16.1. The molecule has 0 aliphatic carbocycles. The molecule has 0 radical (unpaired) electrons. The Morgan fingerprint density at radius 1 is 0.889 bits per heavy atom. The van der Waals surface area contributed by atoms with E-state index in [2.05, 4.69) is 0 Å². The van der Waals surface area contributed by atoms with E-state index in [0.717, 1.165) is 21.9 Å². The Morgan fingerprint density at radius 2 is 1.67 bits per heavy atom. The van der Waals surface area contributed by atoms with Crippen LogP contribution in [-0.2, 0) is 9.53 Å². The largest absolute Gasteiger partial charge is 0.493 e. The van der Waals surface area contributed by atoms with Crippen LogP contribution in [0.25, 0.3) is 22.6 Å². The zero-order chi connectivity index (χ0) is 18.8. The Morgan fingerprint density at radius 3 is 2.48 bits per heavy atom. The molecule has 4 heteroatoms. The van der Waals surface area contributed by atoms with Gasteiger partial charge < -0.3 is 14.2 Å². The van der Waals surface area contributed by atoms with E-state index < -0.39 is 0 Å². The van der Waals surface area contributed by atoms with Gasteiger partial charge in [-0.15, -0.1) is 0 Å². The molecule has 1 aliphatic rings. The highest BCUT2D eigenvalue weighted by molar-refractivity contribution is 6.07. The van der Waals surface area contributed by atoms with Gasteiger partial charge in [-0.25, -0.2) is 4.79 Å². The molecule has 4 nitrogen and oxygen atoms in total. The molecule has 0 saturated carbocycles. The molecule has 0 N–H and O–H groups in total. The Labute approximate surface area is 157 Å². The molecule has 0 bridgehead atoms. The Kier molecular flexibility index (Phi) is 4.38. The number of hydrogen-bond acceptors (Lipinski definition) is 4. The molecule has 0 spiro atoms. The summed E-state index contributed by atoms with van der Waals surface area (Å²) in [4.78, 5) is 12.4. The maximum Gasteiger partial charge on any atom is 0.343 e. The van der Waals surface area contributed by atoms with E-state index in [-0.39, 0.29) is 5.97 Å². The second-order valence-corrected chi connectivity index (χ2v) is 6.14. The summed E-state index contributed by atoms with van der Waals surface area (Å²) in [6.07, 6.45) is 3.56. The van der Waals surface area contributed by atoms with Crippen LogP contribution in [0.5, 0.6) is 11.5 Å². The van der Waals surface area contributed by atoms with Crippen molar-refractivity contribution in [1.82, 2.24) is 0 Å². The van der Waals surface area contributed by atoms with Crippen LogP contribution in [0.3, 0.4) is 0 Å². The molecule has 1 heterocycles. The number of cyclic esters (lactones) is 1. The highest BCUT2D eigenvalue weighted by Crippen LogP contribution is 2.33. The molecule has 0 atom stereocenters. The highest BCUT2D eigenvalue weighted by atomic mass is 16.5. The van der Waals surface area contributed by atoms with Crippen molar-refractivity contribution in [2.45, 2.75) is 0 Å². The van der Waals surface area contributed by atoms with Crippen molar-refractivity contribution in [2.24, 2.45) is 0 Å². The lowest BCUT2D eigenvalue weighted by Gasteiger charge is -2.07. The zero-order valence-electron chi connectivity index (χ0n) is 15.1. The summed E-state index contributed by atoms with van der Waals surface area (Å²) in [5.41, 5.74) is 2.22. The van der Waals surface area contributed by atoms with Gasteiger partial charge in [0.15, 0.2) is 11.5 Å². The third kappa shape index (κ3) is 3.17. The number of carbonyl (C=O) groups excluding carboxylic acids is 1. The van der Waals surface area contributed by atoms with Gasteiger partial charge in [-0.2, -0.15) is 0 Å². The molecule has 0 aromatic heterocycles. The summed E-state index contributed by atoms with van der Waals surface area (Å²) in [5.74, 6) is 1.44. The quantitative estimate of drug-likeness (QED) is 0.495. The number of benzene rings is 3. The molecule has 1 aliphatic heterocycles. The first kappa shape index (κ1) is 16.9. The van der Waals surface area contributed by atoms with Gasteiger partial charge in [-0.1, -0.05) is 48.5 Å². The summed E-state index contributed by atoms with van der Waals surface area (Å²) in [5, 5.41) is 2.15. The lowest BCUT2D eigenvalue weighted by atomic mass is 10.0. The number of fused-ring (bicyclic) bond motifs is 1. The van der Waals surface area contributed by atoms with Crippen LogP contribution in [0.4, 0.5) is 0 Å². The minimum absolute atomic E-state index is 0.368. The molecular formula is C23H18O4. The lowest BCUT2D eigenvalue weighted by Crippen LogP contribution is -1.97. The van der Waals surface area contributed by atoms with Gasteiger partial charge in [0.1, 0.15) is 5.76 Å². The topological polar surface area (TPSA) is 44.8 Å². The molecule has 3 aromatic carbocycles. The number of hydrogen-bond donors (Lipinski definition) is 0. The van der Waals surface area contributed by atoms with Crippen LogP contribution in [0.15, 0.2) is 72.3 Å². The van der Waals surface area contributed by atoms with E-state index in [1.807, 2.05) is 54.6 Å². The van der Waals surface area contributed by atoms with Crippen LogP contribution in [-0.4, -0.2) is 20.2 Å². The van der Waals surface area contributed by atoms with Crippen molar-refractivity contribution in [2.75, 3.05) is 14.2 Å². The maximum atomic E-state index is 12.4. The summed E-state index contributed by atoms with van der Waals surface area (Å²) in [6, 6.07) is 19.5. The van der Waals surface area contributed by atoms with E-state index >= 15 is 0 Å². The van der Waals surface area contributed by atoms with Gasteiger partial charge in [0.05, 0.1) is 19.8 Å². The molecule has 0 unspecified atom stereocenters. The minimum atomic E-state index is -0.368. The molecule has 3 aromatic rings. The van der Waals surface area contributed by atoms with Gasteiger partial charge in [0.2, 0.25) is 0 Å². The SMILES string of the molecule is COc1ccc(/C=C2/C=C(c3cccc4ccccc34)OC2=O)cc1OC. The predicted octanol–water partition coefficient (Wildman–Crippen LogP) is 4.84. The first-order chi connectivity index (χ1) is 13.2. The molecule has 0 fully saturated rings. The van der Waals surface area contributed by atoms with Gasteiger partial charge >= 0.3 is 5.97 Å². The summed E-state index contributed by atoms with van der Waals surface area (Å²) >= 11 is 0. The second kappa shape index (κ2) is 7.00. The van der Waals surface area contributed by atoms with E-state index in [1.54, 1.807) is 32.4 Å². The summed E-state index contributed by atoms with van der Waals surface area (Å²) in [6.45, 7) is 0. The van der Waals surface area contributed by atoms with Crippen LogP contribution >= 0.6 is 0 Å². The van der Waals surface area contributed by atoms with E-state index in [1.165, 1.54) is 0 Å². The average molecular weight is 358 g/mol. The first-order valence-corrected chi connectivity index (χ1v) is 8.55. The monoisotopic (exact) mass is 358 g/mol. The number of carbonyl (C=O) groups is 1. The van der Waals surface area contributed by atoms with Gasteiger partial charge in [-0.3, -0.25) is 0 Å². The Hall–Kier alpha value is -3.53. The van der Waals surface area contributed by atoms with Crippen molar-refractivity contribution >= 4 is 28.6 Å². The molecule has 4 rings (SSSR count). The number of methoxy groups -OCH3 is 2. The fourth-order valence-electron chi connectivity index (χ4n) is 3.18. The standard InChI is InChI=1S/C23H18O4/c1-25-20-11-10-15(13-22(20)26-2)12-17-14-21(27-23(17)24)19-9-5-7-16-6-3-4-8-18(16)19/h3-14H,1-2H3/b17-12-. The zero-order valence-corrected chi connectivity index (χ0v) is 15.1. The highest BCUT2D eigenvalue weighted by Gasteiger charge is 2.23. The van der Waals surface area contributed by atoms with Crippen molar-refractivity contribution < 1.29 is 19.0 Å². The summed E-state index contributed by atoms with van der Waals surface area (Å²) in [7, 11) is 3.17. The van der Waals surface area contributed by atoms with Gasteiger partial charge in [-0.05, 0) is 40.6 Å². The fraction of sp³-hybridized carbons (Fsp3) is 0.0870. The van der Waals surface area contributed by atoms with E-state index in [4.69, 9.17) is 14.2 Å². The smallest absolute Gasteiger partial charge is 0.343 e. The maximum absolute atomic E-state index is 12.4. The molecule has 27 heavy (non-hydrogen) atoms. The molecular weight excluding hydrogens is 340 g/mol. The average Bonchev–Trinajstić information content (AvgIpc) is 3.07. The third-order valence-corrected chi connectivity index (χ3v) is 4.51. The Balaban J connectivity index is 1.74. The lowest BCUT2D eigenvalue weighted by molar-refractivity contribution is -0.130. The van der Waals surface area contributed by atoms with Crippen molar-refractivity contribution in [3.05, 3.63) is 83.4 Å². The molecule has 0 amide bonds. The predicted molar refractivity (Wildman–Crippen MR) is 106 cm³/mol.